The van der Waals surface area contributed by atoms with E-state index in [2.05, 4.69) is 6.92 Å². The summed E-state index contributed by atoms with van der Waals surface area (Å²) in [7, 11) is 1.02. The minimum Gasteiger partial charge on any atom is -0.330 e. The van der Waals surface area contributed by atoms with Gasteiger partial charge in [0.05, 0.1) is 0 Å². The fourth-order valence-corrected chi connectivity index (χ4v) is 2.10. The summed E-state index contributed by atoms with van der Waals surface area (Å²) < 4.78 is 0. The van der Waals surface area contributed by atoms with Crippen LogP contribution in [0.4, 0.5) is 0 Å². The lowest BCUT2D eigenvalue weighted by atomic mass is 10.8. The Kier molecular flexibility index (Phi) is 7.45. The van der Waals surface area contributed by atoms with E-state index in [0.717, 1.165) is 14.3 Å². The van der Waals surface area contributed by atoms with Crippen LogP contribution in [0.15, 0.2) is 0 Å². The van der Waals surface area contributed by atoms with Gasteiger partial charge < -0.3 is 5.73 Å². The second kappa shape index (κ2) is 6.74. The second-order valence-corrected chi connectivity index (χ2v) is 4.50. The quantitative estimate of drug-likeness (QED) is 0.466. The van der Waals surface area contributed by atoms with Crippen LogP contribution < -0.4 is 5.73 Å². The van der Waals surface area contributed by atoms with Crippen molar-refractivity contribution in [3.63, 3.8) is 0 Å². The summed E-state index contributed by atoms with van der Waals surface area (Å²) in [6.45, 7) is 3.03. The molecule has 2 N–H and O–H groups in total. The molecule has 0 aliphatic heterocycles. The van der Waals surface area contributed by atoms with Crippen LogP contribution in [0.3, 0.4) is 0 Å². The Labute approximate surface area is 51.0 Å². The summed E-state index contributed by atoms with van der Waals surface area (Å²) in [6, 6.07) is 0. The van der Waals surface area contributed by atoms with E-state index in [9.17, 15) is 0 Å². The smallest absolute Gasteiger partial charge is 0.00326 e. The van der Waals surface area contributed by atoms with Gasteiger partial charge in [0.25, 0.3) is 0 Å². The molecule has 0 aliphatic carbocycles. The van der Waals surface area contributed by atoms with Gasteiger partial charge in [-0.1, -0.05) is 14.7 Å². The van der Waals surface area contributed by atoms with Crippen molar-refractivity contribution in [3.8, 4) is 0 Å². The molecule has 0 aliphatic rings. The molecule has 0 spiro atoms. The maximum absolute atomic E-state index is 5.26. The lowest BCUT2D eigenvalue weighted by molar-refractivity contribution is 1.15. The zero-order chi connectivity index (χ0) is 5.54. The number of hydrogen-bond donors (Lipinski definition) is 1. The Morgan fingerprint density at radius 2 is 2.43 bits per heavy atom. The van der Waals surface area contributed by atoms with E-state index in [1.807, 2.05) is 11.4 Å². The molecule has 0 aromatic carbocycles. The van der Waals surface area contributed by atoms with E-state index in [1.165, 1.54) is 11.9 Å². The fourth-order valence-electron chi connectivity index (χ4n) is 0.233. The maximum atomic E-state index is 5.26. The average Bonchev–Trinajstić information content (AvgIpc) is 1.69. The molecule has 0 fully saturated rings. The first-order valence-electron chi connectivity index (χ1n) is 2.46. The average molecular weight is 137 g/mol. The van der Waals surface area contributed by atoms with Gasteiger partial charge in [-0.15, -0.1) is 11.4 Å². The lowest BCUT2D eigenvalue weighted by Crippen LogP contribution is -1.98. The van der Waals surface area contributed by atoms with Crippen molar-refractivity contribution in [1.82, 2.24) is 0 Å². The zero-order valence-corrected chi connectivity index (χ0v) is 6.42. The summed E-state index contributed by atoms with van der Waals surface area (Å²) in [5.74, 6) is 1.23. The lowest BCUT2D eigenvalue weighted by Gasteiger charge is -1.91. The first-order chi connectivity index (χ1) is 3.41. The number of rotatable bonds is 4. The van der Waals surface area contributed by atoms with Gasteiger partial charge in [0.1, 0.15) is 0 Å². The predicted molar refractivity (Wildman–Crippen MR) is 40.4 cm³/mol. The standard InChI is InChI=1S/C4H12NPS/c1-2-7-6-4-3-5/h6H,2-5H2,1H3. The van der Waals surface area contributed by atoms with Crippen LogP contribution in [0.5, 0.6) is 0 Å². The molecule has 0 saturated carbocycles. The molecule has 0 aromatic rings. The van der Waals surface area contributed by atoms with Gasteiger partial charge in [0.2, 0.25) is 0 Å². The molecule has 3 heteroatoms. The molecular weight excluding hydrogens is 125 g/mol. The molecule has 44 valence electrons. The Hall–Kier alpha value is 0.740. The van der Waals surface area contributed by atoms with Gasteiger partial charge in [0, 0.05) is 0 Å². The third kappa shape index (κ3) is 6.74. The van der Waals surface area contributed by atoms with Gasteiger partial charge in [-0.3, -0.25) is 0 Å². The Bertz CT molecular complexity index is 30.9. The van der Waals surface area contributed by atoms with Crippen molar-refractivity contribution in [2.45, 2.75) is 6.92 Å². The first-order valence-corrected chi connectivity index (χ1v) is 5.38. The van der Waals surface area contributed by atoms with Crippen molar-refractivity contribution < 1.29 is 0 Å². The summed E-state index contributed by atoms with van der Waals surface area (Å²) in [6.07, 6.45) is 1.19. The molecule has 0 bridgehead atoms. The Morgan fingerprint density at radius 3 is 2.86 bits per heavy atom. The molecule has 1 nitrogen and oxygen atoms in total. The van der Waals surface area contributed by atoms with Crippen molar-refractivity contribution >= 4 is 19.2 Å². The van der Waals surface area contributed by atoms with Crippen LogP contribution in [0.1, 0.15) is 6.92 Å². The van der Waals surface area contributed by atoms with Crippen LogP contribution in [-0.4, -0.2) is 18.5 Å². The zero-order valence-electron chi connectivity index (χ0n) is 4.61. The molecule has 0 heterocycles. The van der Waals surface area contributed by atoms with E-state index < -0.39 is 0 Å². The van der Waals surface area contributed by atoms with E-state index in [1.54, 1.807) is 0 Å². The molecular formula is C4H12NPS. The largest absolute Gasteiger partial charge is 0.330 e. The van der Waals surface area contributed by atoms with Gasteiger partial charge in [-0.05, 0) is 18.5 Å². The molecule has 0 saturated heterocycles. The van der Waals surface area contributed by atoms with Gasteiger partial charge >= 0.3 is 0 Å². The monoisotopic (exact) mass is 137 g/mol. The van der Waals surface area contributed by atoms with Crippen LogP contribution in [0.2, 0.25) is 0 Å². The first kappa shape index (κ1) is 7.74. The normalized spacial score (nSPS) is 11.1. The van der Waals surface area contributed by atoms with Crippen molar-refractivity contribution in [2.24, 2.45) is 5.73 Å². The molecule has 1 unspecified atom stereocenters. The van der Waals surface area contributed by atoms with Crippen LogP contribution in [0, 0.1) is 0 Å². The van der Waals surface area contributed by atoms with E-state index in [4.69, 9.17) is 5.73 Å². The van der Waals surface area contributed by atoms with Crippen molar-refractivity contribution in [1.29, 1.82) is 0 Å². The topological polar surface area (TPSA) is 26.0 Å². The summed E-state index contributed by atoms with van der Waals surface area (Å²) in [4.78, 5) is 0. The highest BCUT2D eigenvalue weighted by Crippen LogP contribution is 2.26. The van der Waals surface area contributed by atoms with Crippen LogP contribution in [-0.2, 0) is 0 Å². The van der Waals surface area contributed by atoms with Gasteiger partial charge in [-0.25, -0.2) is 0 Å². The molecule has 0 radical (unpaired) electrons. The molecule has 0 amide bonds. The van der Waals surface area contributed by atoms with Crippen LogP contribution >= 0.6 is 19.2 Å². The van der Waals surface area contributed by atoms with Crippen LogP contribution in [0.25, 0.3) is 0 Å². The highest BCUT2D eigenvalue weighted by Gasteiger charge is 1.79. The SMILES string of the molecule is CCSPCCN. The third-order valence-electron chi connectivity index (χ3n) is 0.493. The van der Waals surface area contributed by atoms with E-state index in [0.29, 0.717) is 0 Å². The third-order valence-corrected chi connectivity index (χ3v) is 3.57. The summed E-state index contributed by atoms with van der Waals surface area (Å²) in [5.41, 5.74) is 5.26. The molecule has 1 atom stereocenters. The van der Waals surface area contributed by atoms with Crippen molar-refractivity contribution in [2.75, 3.05) is 18.5 Å². The molecule has 0 rings (SSSR count). The molecule has 7 heavy (non-hydrogen) atoms. The van der Waals surface area contributed by atoms with Gasteiger partial charge in [0.15, 0.2) is 0 Å². The number of nitrogens with two attached hydrogens (primary N) is 1. The summed E-state index contributed by atoms with van der Waals surface area (Å²) in [5, 5.41) is 0. The summed E-state index contributed by atoms with van der Waals surface area (Å²) >= 11 is 1.98. The minimum absolute atomic E-state index is 0.853. The maximum Gasteiger partial charge on any atom is -0.00326 e. The highest BCUT2D eigenvalue weighted by atomic mass is 32.7. The van der Waals surface area contributed by atoms with E-state index in [-0.39, 0.29) is 0 Å². The molecule has 0 aromatic heterocycles. The van der Waals surface area contributed by atoms with Gasteiger partial charge in [-0.2, -0.15) is 0 Å². The van der Waals surface area contributed by atoms with Crippen molar-refractivity contribution in [3.05, 3.63) is 0 Å². The highest BCUT2D eigenvalue weighted by molar-refractivity contribution is 8.49. The predicted octanol–water partition coefficient (Wildman–Crippen LogP) is 1.29. The number of hydrogen-bond acceptors (Lipinski definition) is 2. The minimum atomic E-state index is 0.853. The van der Waals surface area contributed by atoms with E-state index >= 15 is 0 Å². The Morgan fingerprint density at radius 1 is 1.71 bits per heavy atom. The second-order valence-electron chi connectivity index (χ2n) is 1.12. The Balaban J connectivity index is 2.45. The fraction of sp³-hybridized carbons (Fsp3) is 1.00.